The van der Waals surface area contributed by atoms with Gasteiger partial charge in [0.15, 0.2) is 0 Å². The Kier molecular flexibility index (Phi) is 18.9. The van der Waals surface area contributed by atoms with Crippen molar-refractivity contribution in [1.29, 1.82) is 0 Å². The Morgan fingerprint density at radius 1 is 0.446 bits per heavy atom. The van der Waals surface area contributed by atoms with Crippen molar-refractivity contribution < 1.29 is 56.1 Å². The lowest BCUT2D eigenvalue weighted by molar-refractivity contribution is -0.141. The summed E-state index contributed by atoms with van der Waals surface area (Å²) in [6, 6.07) is 20.5. The molecule has 4 aromatic carbocycles. The summed E-state index contributed by atoms with van der Waals surface area (Å²) in [7, 11) is -0.589. The number of aliphatic carboxylic acids is 3. The normalized spacial score (nSPS) is 11.9. The summed E-state index contributed by atoms with van der Waals surface area (Å²) in [5.41, 5.74) is 1.67. The number of hydrogen-bond donors (Lipinski definition) is 7. The van der Waals surface area contributed by atoms with E-state index in [2.05, 4.69) is 20.1 Å². The van der Waals surface area contributed by atoms with E-state index >= 15 is 0 Å². The van der Waals surface area contributed by atoms with Gasteiger partial charge in [-0.15, -0.1) is 0 Å². The number of hydrogen-bond acceptors (Lipinski definition) is 14. The topological polar surface area (TPSA) is 279 Å². The number of anilines is 2. The van der Waals surface area contributed by atoms with Gasteiger partial charge >= 0.3 is 17.9 Å². The summed E-state index contributed by atoms with van der Waals surface area (Å²) in [5.74, 6) is -4.99. The summed E-state index contributed by atoms with van der Waals surface area (Å²) in [4.78, 5) is 68.6. The fourth-order valence-electron chi connectivity index (χ4n) is 7.06. The second-order valence-corrected chi connectivity index (χ2v) is 18.9. The average Bonchev–Trinajstić information content (AvgIpc) is 3.23. The van der Waals surface area contributed by atoms with Gasteiger partial charge < -0.3 is 35.8 Å². The number of carbonyl (C=O) groups is 5. The van der Waals surface area contributed by atoms with Crippen LogP contribution in [0.4, 0.5) is 11.4 Å². The molecule has 21 nitrogen and oxygen atoms in total. The molecule has 4 aromatic rings. The zero-order valence-corrected chi connectivity index (χ0v) is 38.3. The average molecular weight is 944 g/mol. The lowest BCUT2D eigenvalue weighted by Crippen LogP contribution is -2.48. The molecule has 0 aromatic heterocycles. The monoisotopic (exact) mass is 943 g/mol. The summed E-state index contributed by atoms with van der Waals surface area (Å²) in [6.07, 6.45) is 0. The van der Waals surface area contributed by atoms with Crippen LogP contribution in [0.15, 0.2) is 82.6 Å². The van der Waals surface area contributed by atoms with Crippen molar-refractivity contribution >= 4 is 82.7 Å². The van der Waals surface area contributed by atoms with Crippen LogP contribution in [0.25, 0.3) is 21.5 Å². The van der Waals surface area contributed by atoms with Gasteiger partial charge in [-0.25, -0.2) is 26.3 Å². The highest BCUT2D eigenvalue weighted by Crippen LogP contribution is 2.31. The highest BCUT2D eigenvalue weighted by molar-refractivity contribution is 7.90. The first-order chi connectivity index (χ1) is 30.7. The predicted octanol–water partition coefficient (Wildman–Crippen LogP) is -0.226. The lowest BCUT2D eigenvalue weighted by atomic mass is 10.1. The van der Waals surface area contributed by atoms with Crippen LogP contribution in [0.5, 0.6) is 0 Å². The maximum absolute atomic E-state index is 13.2. The van der Waals surface area contributed by atoms with Crippen LogP contribution < -0.4 is 29.9 Å². The number of sulfonamides is 2. The minimum atomic E-state index is -3.99. The van der Waals surface area contributed by atoms with Crippen LogP contribution in [0, 0.1) is 0 Å². The molecule has 65 heavy (non-hydrogen) atoms. The van der Waals surface area contributed by atoms with Gasteiger partial charge in [0, 0.05) is 113 Å². The molecular formula is C42H57N9O12S2. The van der Waals surface area contributed by atoms with Gasteiger partial charge in [0.25, 0.3) is 0 Å². The molecule has 2 amide bonds. The second-order valence-electron chi connectivity index (χ2n) is 15.4. The first-order valence-corrected chi connectivity index (χ1v) is 23.4. The van der Waals surface area contributed by atoms with Crippen molar-refractivity contribution in [2.75, 3.05) is 123 Å². The van der Waals surface area contributed by atoms with Crippen molar-refractivity contribution in [3.05, 3.63) is 72.8 Å². The standard InChI is InChI=1S/C42H57N9O12S2/c1-47(2)34-13-5-11-32-30(34)9-7-15-36(32)64(60,61)45-19-17-43-38(52)25-50(28-41(56)57)23-21-49(27-40(54)55)22-24-51(29-42(58)59)26-39(53)44-18-20-46-65(62,63)37-16-8-10-31-33(37)12-6-14-35(31)48(3)4/h5-16,45-46H,17-29H2,1-4H3,(H,43,52)(H,44,53)(H,54,55)(H,56,57)(H,58,59). The van der Waals surface area contributed by atoms with Crippen LogP contribution >= 0.6 is 0 Å². The number of rotatable bonds is 28. The number of carbonyl (C=O) groups excluding carboxylic acids is 2. The molecule has 0 bridgehead atoms. The zero-order valence-electron chi connectivity index (χ0n) is 36.7. The van der Waals surface area contributed by atoms with E-state index in [4.69, 9.17) is 0 Å². The number of carboxylic acids is 3. The Labute approximate surface area is 378 Å². The molecule has 0 radical (unpaired) electrons. The largest absolute Gasteiger partial charge is 0.480 e. The quantitative estimate of drug-likeness (QED) is 0.0363. The molecule has 0 aliphatic carbocycles. The predicted molar refractivity (Wildman–Crippen MR) is 245 cm³/mol. The van der Waals surface area contributed by atoms with Crippen molar-refractivity contribution in [2.24, 2.45) is 0 Å². The SMILES string of the molecule is CN(C)c1cccc2c(S(=O)(=O)NCCNC(=O)CN(CCN(CCN(CC(=O)O)CC(=O)NCCNS(=O)(=O)c3cccc4c(N(C)C)cccc34)CC(=O)O)CC(=O)O)cccc12. The third-order valence-electron chi connectivity index (χ3n) is 10.0. The molecule has 7 N–H and O–H groups in total. The Hall–Kier alpha value is -5.95. The Bertz CT molecular complexity index is 2390. The van der Waals surface area contributed by atoms with Gasteiger partial charge in [0.05, 0.1) is 42.5 Å². The fraction of sp³-hybridized carbons (Fsp3) is 0.405. The number of carboxylic acid groups (broad SMARTS) is 3. The first kappa shape index (κ1) is 51.7. The lowest BCUT2D eigenvalue weighted by Gasteiger charge is -2.28. The number of nitrogens with one attached hydrogen (secondary N) is 4. The van der Waals surface area contributed by atoms with Crippen LogP contribution in [-0.4, -0.2) is 190 Å². The smallest absolute Gasteiger partial charge is 0.317 e. The summed E-state index contributed by atoms with van der Waals surface area (Å²) < 4.78 is 57.9. The number of amides is 2. The molecule has 354 valence electrons. The highest BCUT2D eigenvalue weighted by Gasteiger charge is 2.23. The number of benzene rings is 4. The van der Waals surface area contributed by atoms with Gasteiger partial charge in [-0.3, -0.25) is 38.7 Å². The maximum Gasteiger partial charge on any atom is 0.317 e. The minimum Gasteiger partial charge on any atom is -0.480 e. The fourth-order valence-corrected chi connectivity index (χ4v) is 9.57. The molecule has 0 unspecified atom stereocenters. The van der Waals surface area contributed by atoms with Crippen LogP contribution in [0.1, 0.15) is 0 Å². The first-order valence-electron chi connectivity index (χ1n) is 20.4. The highest BCUT2D eigenvalue weighted by atomic mass is 32.2. The summed E-state index contributed by atoms with van der Waals surface area (Å²) in [6.45, 7) is -3.44. The molecule has 0 saturated carbocycles. The van der Waals surface area contributed by atoms with Crippen molar-refractivity contribution in [1.82, 2.24) is 34.8 Å². The Morgan fingerprint density at radius 2 is 0.769 bits per heavy atom. The summed E-state index contributed by atoms with van der Waals surface area (Å²) in [5, 5.41) is 36.3. The molecular weight excluding hydrogens is 887 g/mol. The van der Waals surface area contributed by atoms with E-state index in [-0.39, 0.29) is 62.1 Å². The second kappa shape index (κ2) is 23.8. The van der Waals surface area contributed by atoms with E-state index in [9.17, 15) is 56.1 Å². The third-order valence-corrected chi connectivity index (χ3v) is 13.1. The molecule has 0 saturated heterocycles. The third kappa shape index (κ3) is 15.6. The molecule has 0 heterocycles. The van der Waals surface area contributed by atoms with Gasteiger partial charge in [-0.1, -0.05) is 48.5 Å². The molecule has 4 rings (SSSR count). The van der Waals surface area contributed by atoms with Crippen molar-refractivity contribution in [2.45, 2.75) is 9.79 Å². The van der Waals surface area contributed by atoms with E-state index in [1.807, 2.05) is 62.3 Å². The molecule has 0 spiro atoms. The minimum absolute atomic E-state index is 0.0619. The van der Waals surface area contributed by atoms with E-state index in [0.717, 1.165) is 22.1 Å². The Morgan fingerprint density at radius 3 is 1.12 bits per heavy atom. The molecule has 0 aliphatic heterocycles. The molecule has 0 atom stereocenters. The van der Waals surface area contributed by atoms with Crippen molar-refractivity contribution in [3.63, 3.8) is 0 Å². The van der Waals surface area contributed by atoms with Crippen LogP contribution in [-0.2, 0) is 44.0 Å². The maximum atomic E-state index is 13.2. The van der Waals surface area contributed by atoms with E-state index < -0.39 is 82.5 Å². The van der Waals surface area contributed by atoms with Crippen molar-refractivity contribution in [3.8, 4) is 0 Å². The molecule has 0 aliphatic rings. The number of fused-ring (bicyclic) bond motifs is 2. The summed E-state index contributed by atoms with van der Waals surface area (Å²) >= 11 is 0. The van der Waals surface area contributed by atoms with Gasteiger partial charge in [0.1, 0.15) is 0 Å². The van der Waals surface area contributed by atoms with Gasteiger partial charge in [-0.2, -0.15) is 0 Å². The van der Waals surface area contributed by atoms with E-state index in [1.54, 1.807) is 36.4 Å². The molecule has 0 fully saturated rings. The Balaban J connectivity index is 1.27. The van der Waals surface area contributed by atoms with Crippen LogP contribution in [0.3, 0.4) is 0 Å². The van der Waals surface area contributed by atoms with Crippen LogP contribution in [0.2, 0.25) is 0 Å². The van der Waals surface area contributed by atoms with E-state index in [0.29, 0.717) is 10.8 Å². The molecule has 23 heteroatoms. The van der Waals surface area contributed by atoms with Gasteiger partial charge in [-0.05, 0) is 24.3 Å². The zero-order chi connectivity index (χ0) is 47.9. The number of nitrogens with zero attached hydrogens (tertiary/aromatic N) is 5. The van der Waals surface area contributed by atoms with Gasteiger partial charge in [0.2, 0.25) is 31.9 Å². The van der Waals surface area contributed by atoms with E-state index in [1.165, 1.54) is 26.8 Å².